The van der Waals surface area contributed by atoms with Crippen molar-refractivity contribution in [1.82, 2.24) is 5.32 Å². The fourth-order valence-electron chi connectivity index (χ4n) is 3.68. The summed E-state index contributed by atoms with van der Waals surface area (Å²) in [5.74, 6) is 0. The molecular weight excluding hydrogens is 236 g/mol. The molecule has 0 spiro atoms. The van der Waals surface area contributed by atoms with Crippen molar-refractivity contribution in [2.24, 2.45) is 5.16 Å². The van der Waals surface area contributed by atoms with E-state index < -0.39 is 0 Å². The second kappa shape index (κ2) is 4.97. The van der Waals surface area contributed by atoms with Gasteiger partial charge in [0.1, 0.15) is 0 Å². The fourth-order valence-corrected chi connectivity index (χ4v) is 3.68. The van der Waals surface area contributed by atoms with Crippen molar-refractivity contribution >= 4 is 5.71 Å². The maximum atomic E-state index is 9.12. The molecule has 1 aromatic carbocycles. The smallest absolute Gasteiger partial charge is 0.0604 e. The molecule has 2 unspecified atom stereocenters. The van der Waals surface area contributed by atoms with E-state index in [0.29, 0.717) is 6.04 Å². The average molecular weight is 258 g/mol. The first-order valence-electron chi connectivity index (χ1n) is 7.22. The van der Waals surface area contributed by atoms with Gasteiger partial charge in [-0.25, -0.2) is 0 Å². The Morgan fingerprint density at radius 1 is 1.37 bits per heavy atom. The first-order chi connectivity index (χ1) is 9.19. The third-order valence-corrected chi connectivity index (χ3v) is 4.55. The molecule has 3 nitrogen and oxygen atoms in total. The summed E-state index contributed by atoms with van der Waals surface area (Å²) >= 11 is 0. The maximum absolute atomic E-state index is 9.12. The summed E-state index contributed by atoms with van der Waals surface area (Å²) in [6.45, 7) is 2.12. The zero-order chi connectivity index (χ0) is 13.3. The summed E-state index contributed by atoms with van der Waals surface area (Å²) in [6, 6.07) is 9.30. The van der Waals surface area contributed by atoms with E-state index in [1.165, 1.54) is 30.4 Å². The standard InChI is InChI=1S/C16H22N2O/c1-12-4-6-13(7-5-12)10-16-8-2-3-14(17-16)9-15(11-16)18-19/h4-7,14,17,19H,2-3,8-11H2,1H3. The van der Waals surface area contributed by atoms with Crippen LogP contribution >= 0.6 is 0 Å². The van der Waals surface area contributed by atoms with Crippen LogP contribution in [-0.4, -0.2) is 22.5 Å². The van der Waals surface area contributed by atoms with Crippen molar-refractivity contribution in [3.8, 4) is 0 Å². The third-order valence-electron chi connectivity index (χ3n) is 4.55. The van der Waals surface area contributed by atoms with E-state index >= 15 is 0 Å². The van der Waals surface area contributed by atoms with Crippen LogP contribution in [0.1, 0.15) is 43.2 Å². The van der Waals surface area contributed by atoms with Gasteiger partial charge in [-0.05, 0) is 31.7 Å². The molecule has 2 bridgehead atoms. The van der Waals surface area contributed by atoms with Crippen molar-refractivity contribution in [3.05, 3.63) is 35.4 Å². The second-order valence-corrected chi connectivity index (χ2v) is 6.22. The van der Waals surface area contributed by atoms with Crippen molar-refractivity contribution in [3.63, 3.8) is 0 Å². The minimum Gasteiger partial charge on any atom is -0.411 e. The lowest BCUT2D eigenvalue weighted by Gasteiger charge is -2.47. The predicted octanol–water partition coefficient (Wildman–Crippen LogP) is 3.04. The SMILES string of the molecule is Cc1ccc(CC23CCCC(CC(=NO)C2)N3)cc1. The number of piperidine rings is 2. The van der Waals surface area contributed by atoms with E-state index in [2.05, 4.69) is 41.7 Å². The van der Waals surface area contributed by atoms with Gasteiger partial charge in [-0.15, -0.1) is 0 Å². The van der Waals surface area contributed by atoms with Crippen molar-refractivity contribution in [1.29, 1.82) is 0 Å². The van der Waals surface area contributed by atoms with Gasteiger partial charge < -0.3 is 10.5 Å². The molecule has 0 amide bonds. The molecule has 2 atom stereocenters. The molecule has 3 heteroatoms. The Hall–Kier alpha value is -1.35. The highest BCUT2D eigenvalue weighted by atomic mass is 16.4. The topological polar surface area (TPSA) is 44.6 Å². The lowest BCUT2D eigenvalue weighted by Crippen LogP contribution is -2.60. The molecule has 2 aliphatic heterocycles. The van der Waals surface area contributed by atoms with Gasteiger partial charge in [0.15, 0.2) is 0 Å². The number of rotatable bonds is 2. The van der Waals surface area contributed by atoms with E-state index in [1.54, 1.807) is 0 Å². The number of nitrogens with zero attached hydrogens (tertiary/aromatic N) is 1. The molecule has 0 aromatic heterocycles. The number of nitrogens with one attached hydrogen (secondary N) is 1. The highest BCUT2D eigenvalue weighted by Gasteiger charge is 2.41. The monoisotopic (exact) mass is 258 g/mol. The first-order valence-corrected chi connectivity index (χ1v) is 7.22. The Morgan fingerprint density at radius 2 is 2.16 bits per heavy atom. The van der Waals surface area contributed by atoms with Crippen LogP contribution < -0.4 is 5.32 Å². The van der Waals surface area contributed by atoms with Crippen LogP contribution in [0.15, 0.2) is 29.4 Å². The van der Waals surface area contributed by atoms with Crippen LogP contribution in [0.4, 0.5) is 0 Å². The maximum Gasteiger partial charge on any atom is 0.0604 e. The zero-order valence-electron chi connectivity index (χ0n) is 11.5. The number of fused-ring (bicyclic) bond motifs is 2. The van der Waals surface area contributed by atoms with Gasteiger partial charge in [-0.2, -0.15) is 0 Å². The summed E-state index contributed by atoms with van der Waals surface area (Å²) in [4.78, 5) is 0. The zero-order valence-corrected chi connectivity index (χ0v) is 11.5. The average Bonchev–Trinajstić information content (AvgIpc) is 2.41. The molecule has 0 radical (unpaired) electrons. The van der Waals surface area contributed by atoms with Crippen LogP contribution in [0, 0.1) is 6.92 Å². The molecular formula is C16H22N2O. The number of hydrogen-bond donors (Lipinski definition) is 2. The highest BCUT2D eigenvalue weighted by molar-refractivity contribution is 5.86. The summed E-state index contributed by atoms with van der Waals surface area (Å²) in [5.41, 5.74) is 3.75. The molecule has 0 saturated carbocycles. The van der Waals surface area contributed by atoms with E-state index in [1.807, 2.05) is 0 Å². The molecule has 0 aliphatic carbocycles. The molecule has 102 valence electrons. The van der Waals surface area contributed by atoms with Gasteiger partial charge in [0.25, 0.3) is 0 Å². The molecule has 3 rings (SSSR count). The van der Waals surface area contributed by atoms with E-state index in [4.69, 9.17) is 5.21 Å². The fraction of sp³-hybridized carbons (Fsp3) is 0.562. The normalized spacial score (nSPS) is 32.5. The van der Waals surface area contributed by atoms with Crippen LogP contribution in [0.2, 0.25) is 0 Å². The number of oxime groups is 1. The van der Waals surface area contributed by atoms with Crippen molar-refractivity contribution in [2.45, 2.75) is 57.0 Å². The molecule has 2 N–H and O–H groups in total. The highest BCUT2D eigenvalue weighted by Crippen LogP contribution is 2.35. The van der Waals surface area contributed by atoms with Crippen molar-refractivity contribution < 1.29 is 5.21 Å². The van der Waals surface area contributed by atoms with Gasteiger partial charge in [-0.1, -0.05) is 41.4 Å². The summed E-state index contributed by atoms with van der Waals surface area (Å²) in [7, 11) is 0. The summed E-state index contributed by atoms with van der Waals surface area (Å²) in [6.07, 6.45) is 6.48. The number of benzene rings is 1. The van der Waals surface area contributed by atoms with Crippen LogP contribution in [0.25, 0.3) is 0 Å². The Kier molecular flexibility index (Phi) is 3.31. The second-order valence-electron chi connectivity index (χ2n) is 6.22. The summed E-state index contributed by atoms with van der Waals surface area (Å²) in [5, 5.41) is 16.4. The van der Waals surface area contributed by atoms with Gasteiger partial charge >= 0.3 is 0 Å². The largest absolute Gasteiger partial charge is 0.411 e. The minimum atomic E-state index is 0.109. The molecule has 2 aliphatic rings. The van der Waals surface area contributed by atoms with Crippen LogP contribution in [-0.2, 0) is 6.42 Å². The first kappa shape index (κ1) is 12.7. The third kappa shape index (κ3) is 2.66. The molecule has 1 aromatic rings. The Balaban J connectivity index is 1.82. The molecule has 19 heavy (non-hydrogen) atoms. The Labute approximate surface area is 114 Å². The lowest BCUT2D eigenvalue weighted by molar-refractivity contribution is 0.188. The number of hydrogen-bond acceptors (Lipinski definition) is 3. The van der Waals surface area contributed by atoms with Crippen molar-refractivity contribution in [2.75, 3.05) is 0 Å². The van der Waals surface area contributed by atoms with E-state index in [0.717, 1.165) is 25.0 Å². The van der Waals surface area contributed by atoms with Gasteiger partial charge in [0, 0.05) is 24.4 Å². The number of aryl methyl sites for hydroxylation is 1. The van der Waals surface area contributed by atoms with E-state index in [9.17, 15) is 0 Å². The quantitative estimate of drug-likeness (QED) is 0.632. The molecule has 2 fully saturated rings. The Bertz CT molecular complexity index is 480. The summed E-state index contributed by atoms with van der Waals surface area (Å²) < 4.78 is 0. The molecule has 2 saturated heterocycles. The van der Waals surface area contributed by atoms with Gasteiger partial charge in [0.05, 0.1) is 5.71 Å². The van der Waals surface area contributed by atoms with Gasteiger partial charge in [0.2, 0.25) is 0 Å². The lowest BCUT2D eigenvalue weighted by atomic mass is 9.72. The van der Waals surface area contributed by atoms with E-state index in [-0.39, 0.29) is 5.54 Å². The van der Waals surface area contributed by atoms with Crippen LogP contribution in [0.5, 0.6) is 0 Å². The van der Waals surface area contributed by atoms with Gasteiger partial charge in [-0.3, -0.25) is 0 Å². The predicted molar refractivity (Wildman–Crippen MR) is 76.8 cm³/mol. The Morgan fingerprint density at radius 3 is 2.89 bits per heavy atom. The van der Waals surface area contributed by atoms with Crippen LogP contribution in [0.3, 0.4) is 0 Å². The molecule has 2 heterocycles. The minimum absolute atomic E-state index is 0.109.